The van der Waals surface area contributed by atoms with E-state index in [1.54, 1.807) is 20.8 Å². The summed E-state index contributed by atoms with van der Waals surface area (Å²) in [5.74, 6) is 0. The van der Waals surface area contributed by atoms with E-state index in [2.05, 4.69) is 54.2 Å². The van der Waals surface area contributed by atoms with E-state index in [0.717, 1.165) is 91.3 Å². The van der Waals surface area contributed by atoms with Crippen molar-refractivity contribution in [2.45, 2.75) is 219 Å². The first kappa shape index (κ1) is 93.5. The molecule has 87 heavy (non-hydrogen) atoms. The quantitative estimate of drug-likeness (QED) is 0.0422. The van der Waals surface area contributed by atoms with Crippen LogP contribution < -0.4 is 0 Å². The van der Waals surface area contributed by atoms with Crippen LogP contribution in [0.3, 0.4) is 0 Å². The Morgan fingerprint density at radius 2 is 0.460 bits per heavy atom. The van der Waals surface area contributed by atoms with Crippen LogP contribution in [0.5, 0.6) is 0 Å². The molecule has 0 saturated carbocycles. The maximum absolute atomic E-state index is 11.2. The molecule has 0 rings (SSSR count). The zero-order valence-corrected chi connectivity index (χ0v) is 60.9. The normalized spacial score (nSPS) is 11.6. The summed E-state index contributed by atoms with van der Waals surface area (Å²) >= 11 is 0. The molecule has 0 heterocycles. The Labute approximate surface area is 529 Å². The number of carbonyl (C=O) groups is 6. The Morgan fingerprint density at radius 1 is 0.253 bits per heavy atom. The maximum atomic E-state index is 11.2. The highest BCUT2D eigenvalue weighted by molar-refractivity contribution is 5.62. The van der Waals surface area contributed by atoms with E-state index >= 15 is 0 Å². The van der Waals surface area contributed by atoms with Gasteiger partial charge in [0.1, 0.15) is 53.4 Å². The van der Waals surface area contributed by atoms with Crippen LogP contribution >= 0.6 is 0 Å². The molecule has 0 aliphatic carbocycles. The molecule has 0 aromatic carbocycles. The van der Waals surface area contributed by atoms with Gasteiger partial charge in [-0.15, -0.1) is 0 Å². The summed E-state index contributed by atoms with van der Waals surface area (Å²) in [4.78, 5) is 79.2. The fraction of sp³-hybridized carbons (Fsp3) is 0.905. The first-order valence-electron chi connectivity index (χ1n) is 30.9. The highest BCUT2D eigenvalue weighted by atomic mass is 16.8. The molecule has 0 radical (unpaired) electrons. The van der Waals surface area contributed by atoms with Gasteiger partial charge < -0.3 is 86.2 Å². The van der Waals surface area contributed by atoms with Crippen molar-refractivity contribution in [1.82, 2.24) is 29.4 Å². The monoisotopic (exact) mass is 1260 g/mol. The summed E-state index contributed by atoms with van der Waals surface area (Å²) in [7, 11) is 11.8. The number of hydrogen-bond donors (Lipinski definition) is 0. The van der Waals surface area contributed by atoms with Crippen LogP contribution in [0, 0.1) is 0 Å². The van der Waals surface area contributed by atoms with Gasteiger partial charge in [0.15, 0.2) is 0 Å². The van der Waals surface area contributed by atoms with Crippen molar-refractivity contribution in [2.75, 3.05) is 160 Å². The molecule has 0 aromatic heterocycles. The largest absolute Gasteiger partial charge is 0.508 e. The fourth-order valence-electron chi connectivity index (χ4n) is 5.40. The molecule has 0 aliphatic heterocycles. The van der Waals surface area contributed by atoms with Crippen LogP contribution in [-0.4, -0.2) is 260 Å². The van der Waals surface area contributed by atoms with Gasteiger partial charge in [0.25, 0.3) is 0 Å². The Hall–Kier alpha value is -4.62. The van der Waals surface area contributed by atoms with E-state index in [-0.39, 0.29) is 0 Å². The third kappa shape index (κ3) is 87.9. The predicted molar refractivity (Wildman–Crippen MR) is 346 cm³/mol. The SMILES string of the molecule is CCN(C)CCCOC(=O)OC(C)(C)C.CCN(C)CCOC(=O)OC(C)(C)C.CCN(CC)CCCOC(=O)OC(C)(C)C.CCN(CC)CCOC(=O)OC(C)(C)C.CN(C)CCCOC(=O)OC(C)(C)C.CN(C)CCOC(=O)OC(C)(C)C. The molecule has 522 valence electrons. The highest BCUT2D eigenvalue weighted by Crippen LogP contribution is 2.12. The zero-order valence-electron chi connectivity index (χ0n) is 60.9. The first-order valence-corrected chi connectivity index (χ1v) is 30.9. The predicted octanol–water partition coefficient (Wildman–Crippen LogP) is 12.5. The molecule has 0 N–H and O–H groups in total. The molecular weight excluding hydrogens is 1130 g/mol. The van der Waals surface area contributed by atoms with Gasteiger partial charge >= 0.3 is 36.9 Å². The molecule has 0 aliphatic rings. The lowest BCUT2D eigenvalue weighted by Gasteiger charge is -2.20. The summed E-state index contributed by atoms with van der Waals surface area (Å²) in [6.45, 7) is 58.5. The van der Waals surface area contributed by atoms with Crippen LogP contribution in [0.15, 0.2) is 0 Å². The van der Waals surface area contributed by atoms with Crippen molar-refractivity contribution >= 4 is 36.9 Å². The summed E-state index contributed by atoms with van der Waals surface area (Å²) in [6.07, 6.45) is -1.02. The van der Waals surface area contributed by atoms with Crippen LogP contribution in [0.2, 0.25) is 0 Å². The molecular formula is C63H132N6O18. The molecule has 0 fully saturated rings. The maximum Gasteiger partial charge on any atom is 0.508 e. The van der Waals surface area contributed by atoms with Crippen molar-refractivity contribution < 1.29 is 85.6 Å². The van der Waals surface area contributed by atoms with Crippen LogP contribution in [-0.2, 0) is 56.8 Å². The number of hydrogen-bond acceptors (Lipinski definition) is 24. The Morgan fingerprint density at radius 3 is 0.701 bits per heavy atom. The summed E-state index contributed by atoms with van der Waals surface area (Å²) in [5.41, 5.74) is -2.86. The van der Waals surface area contributed by atoms with E-state index in [9.17, 15) is 28.8 Å². The third-order valence-electron chi connectivity index (χ3n) is 10.00. The van der Waals surface area contributed by atoms with Gasteiger partial charge in [0.05, 0.1) is 19.8 Å². The van der Waals surface area contributed by atoms with Gasteiger partial charge in [0, 0.05) is 39.3 Å². The minimum absolute atomic E-state index is 0.363. The first-order chi connectivity index (χ1) is 39.6. The van der Waals surface area contributed by atoms with Gasteiger partial charge in [-0.3, -0.25) is 0 Å². The molecule has 24 heteroatoms. The number of ether oxygens (including phenoxy) is 12. The van der Waals surface area contributed by atoms with Gasteiger partial charge in [0.2, 0.25) is 0 Å². The minimum Gasteiger partial charge on any atom is -0.434 e. The Balaban J connectivity index is -0.000000226. The Kier molecular flexibility index (Phi) is 56.1. The van der Waals surface area contributed by atoms with Crippen molar-refractivity contribution in [2.24, 2.45) is 0 Å². The lowest BCUT2D eigenvalue weighted by atomic mass is 10.2. The van der Waals surface area contributed by atoms with Crippen molar-refractivity contribution in [3.8, 4) is 0 Å². The van der Waals surface area contributed by atoms with Gasteiger partial charge in [-0.2, -0.15) is 0 Å². The number of rotatable bonds is 27. The fourth-order valence-corrected chi connectivity index (χ4v) is 5.40. The molecule has 0 unspecified atom stereocenters. The standard InChI is InChI=1S/C12H25NO3.2C11H23NO3.2C10H21NO3.C9H19NO3/c1-6-13(7-2)9-8-10-15-11(14)16-12(3,4)5;1-6-12(5)8-7-9-14-10(13)15-11(2,3)4;1-6-12(7-2)8-9-14-10(13)15-11(3,4)5;1-10(2,3)14-9(12)13-8-6-7-11(4)5;1-6-11(5)7-8-13-9(12)14-10(2,3)4;1-9(2,3)13-8(11)12-7-6-10(4)5/h6-10H2,1-5H3;2*6-9H2,1-5H3;2*6-8H2,1-5H3;6-7H2,1-5H3. The van der Waals surface area contributed by atoms with Gasteiger partial charge in [-0.25, -0.2) is 28.8 Å². The smallest absolute Gasteiger partial charge is 0.434 e. The van der Waals surface area contributed by atoms with Crippen molar-refractivity contribution in [3.05, 3.63) is 0 Å². The second-order valence-corrected chi connectivity index (χ2v) is 26.4. The number of likely N-dealkylation sites (N-methyl/N-ethyl adjacent to an activating group) is 3. The van der Waals surface area contributed by atoms with Gasteiger partial charge in [-0.05, 0) is 225 Å². The van der Waals surface area contributed by atoms with Crippen molar-refractivity contribution in [1.29, 1.82) is 0 Å². The van der Waals surface area contributed by atoms with E-state index in [4.69, 9.17) is 56.8 Å². The lowest BCUT2D eigenvalue weighted by molar-refractivity contribution is -0.0110. The average molecular weight is 1260 g/mol. The summed E-state index contributed by atoms with van der Waals surface area (Å²) < 4.78 is 59.3. The molecule has 0 amide bonds. The lowest BCUT2D eigenvalue weighted by Crippen LogP contribution is -2.30. The van der Waals surface area contributed by atoms with Crippen molar-refractivity contribution in [3.63, 3.8) is 0 Å². The summed E-state index contributed by atoms with van der Waals surface area (Å²) in [5, 5.41) is 0. The highest BCUT2D eigenvalue weighted by Gasteiger charge is 2.22. The van der Waals surface area contributed by atoms with E-state index in [1.807, 2.05) is 163 Å². The van der Waals surface area contributed by atoms with E-state index in [1.165, 1.54) is 0 Å². The molecule has 24 nitrogen and oxygen atoms in total. The average Bonchev–Trinajstić information content (AvgIpc) is 3.42. The van der Waals surface area contributed by atoms with E-state index < -0.39 is 70.5 Å². The zero-order chi connectivity index (χ0) is 69.3. The van der Waals surface area contributed by atoms with E-state index in [0.29, 0.717) is 46.2 Å². The molecule has 0 bridgehead atoms. The minimum atomic E-state index is -0.602. The topological polar surface area (TPSA) is 233 Å². The van der Waals surface area contributed by atoms with Crippen LogP contribution in [0.4, 0.5) is 28.8 Å². The van der Waals surface area contributed by atoms with Crippen LogP contribution in [0.25, 0.3) is 0 Å². The van der Waals surface area contributed by atoms with Gasteiger partial charge in [-0.1, -0.05) is 41.5 Å². The number of carbonyl (C=O) groups excluding carboxylic acids is 6. The second-order valence-electron chi connectivity index (χ2n) is 26.4. The number of nitrogens with zero attached hydrogens (tertiary/aromatic N) is 6. The molecule has 0 spiro atoms. The second kappa shape index (κ2) is 52.2. The molecule has 0 aromatic rings. The third-order valence-corrected chi connectivity index (χ3v) is 10.00. The summed E-state index contributed by atoms with van der Waals surface area (Å²) in [6, 6.07) is 0. The Bertz CT molecular complexity index is 1710. The molecule has 0 atom stereocenters. The molecule has 0 saturated heterocycles. The van der Waals surface area contributed by atoms with Crippen LogP contribution in [0.1, 0.15) is 185 Å².